The lowest BCUT2D eigenvalue weighted by Gasteiger charge is -2.28. The zero-order valence-electron chi connectivity index (χ0n) is 9.08. The fourth-order valence-electron chi connectivity index (χ4n) is 0.851. The Hall–Kier alpha value is 0.270. The van der Waals surface area contributed by atoms with Gasteiger partial charge >= 0.3 is 6.18 Å². The SMILES string of the molecule is C[N+](C)(C)CCC(F)(F)C(F)C(F)(F)F.[I-]. The Morgan fingerprint density at radius 3 is 1.62 bits per heavy atom. The summed E-state index contributed by atoms with van der Waals surface area (Å²) in [4.78, 5) is 0. The molecule has 0 aliphatic heterocycles. The van der Waals surface area contributed by atoms with Crippen LogP contribution in [0.15, 0.2) is 0 Å². The monoisotopic (exact) mass is 365 g/mol. The fourth-order valence-corrected chi connectivity index (χ4v) is 0.851. The van der Waals surface area contributed by atoms with Crippen molar-refractivity contribution in [1.29, 1.82) is 0 Å². The van der Waals surface area contributed by atoms with Crippen molar-refractivity contribution in [2.24, 2.45) is 0 Å². The van der Waals surface area contributed by atoms with E-state index >= 15 is 0 Å². The molecule has 0 amide bonds. The van der Waals surface area contributed by atoms with Crippen LogP contribution in [0.4, 0.5) is 26.3 Å². The van der Waals surface area contributed by atoms with Crippen LogP contribution in [0, 0.1) is 0 Å². The molecule has 0 radical (unpaired) electrons. The predicted molar refractivity (Wildman–Crippen MR) is 43.4 cm³/mol. The largest absolute Gasteiger partial charge is 1.00 e. The average Bonchev–Trinajstić information content (AvgIpc) is 1.97. The van der Waals surface area contributed by atoms with Crippen LogP contribution in [0.2, 0.25) is 0 Å². The highest BCUT2D eigenvalue weighted by molar-refractivity contribution is 4.82. The van der Waals surface area contributed by atoms with Crippen molar-refractivity contribution in [3.05, 3.63) is 0 Å². The fraction of sp³-hybridized carbons (Fsp3) is 1.00. The molecule has 0 rings (SSSR count). The van der Waals surface area contributed by atoms with Gasteiger partial charge in [-0.3, -0.25) is 0 Å². The molecule has 0 aromatic rings. The maximum atomic E-state index is 12.7. The number of quaternary nitrogens is 1. The van der Waals surface area contributed by atoms with Crippen LogP contribution < -0.4 is 24.0 Å². The Kier molecular flexibility index (Phi) is 6.69. The Morgan fingerprint density at radius 1 is 1.00 bits per heavy atom. The van der Waals surface area contributed by atoms with Crippen molar-refractivity contribution < 1.29 is 54.8 Å². The number of rotatable bonds is 4. The maximum Gasteiger partial charge on any atom is 0.425 e. The molecule has 1 unspecified atom stereocenters. The van der Waals surface area contributed by atoms with Crippen molar-refractivity contribution in [2.75, 3.05) is 27.7 Å². The summed E-state index contributed by atoms with van der Waals surface area (Å²) in [5.74, 6) is -4.36. The molecule has 0 bridgehead atoms. The van der Waals surface area contributed by atoms with Crippen LogP contribution >= 0.6 is 0 Å². The summed E-state index contributed by atoms with van der Waals surface area (Å²) in [6, 6.07) is 0. The molecule has 1 atom stereocenters. The first kappa shape index (κ1) is 18.6. The molecular weight excluding hydrogens is 351 g/mol. The van der Waals surface area contributed by atoms with E-state index in [9.17, 15) is 26.3 Å². The zero-order chi connectivity index (χ0) is 12.5. The van der Waals surface area contributed by atoms with Crippen molar-refractivity contribution >= 4 is 0 Å². The smallest absolute Gasteiger partial charge is 0.425 e. The van der Waals surface area contributed by atoms with Gasteiger partial charge in [-0.25, -0.2) is 13.2 Å². The summed E-state index contributed by atoms with van der Waals surface area (Å²) in [5.41, 5.74) is 0. The van der Waals surface area contributed by atoms with Crippen LogP contribution in [0.25, 0.3) is 0 Å². The van der Waals surface area contributed by atoms with Gasteiger partial charge in [-0.1, -0.05) is 0 Å². The number of halogens is 7. The van der Waals surface area contributed by atoms with Gasteiger partial charge in [-0.2, -0.15) is 13.2 Å². The van der Waals surface area contributed by atoms with Crippen LogP contribution in [0.5, 0.6) is 0 Å². The minimum Gasteiger partial charge on any atom is -1.00 e. The minimum atomic E-state index is -5.51. The molecule has 0 N–H and O–H groups in total. The van der Waals surface area contributed by atoms with Gasteiger partial charge in [0.25, 0.3) is 12.1 Å². The first-order chi connectivity index (χ1) is 6.36. The molecule has 0 spiro atoms. The summed E-state index contributed by atoms with van der Waals surface area (Å²) < 4.78 is 73.0. The van der Waals surface area contributed by atoms with E-state index in [0.29, 0.717) is 0 Å². The molecule has 16 heavy (non-hydrogen) atoms. The summed E-state index contributed by atoms with van der Waals surface area (Å²) in [5, 5.41) is 0. The normalized spacial score (nSPS) is 15.6. The highest BCUT2D eigenvalue weighted by atomic mass is 127. The topological polar surface area (TPSA) is 0 Å². The third-order valence-corrected chi connectivity index (χ3v) is 1.77. The Labute approximate surface area is 107 Å². The van der Waals surface area contributed by atoms with Gasteiger partial charge in [0, 0.05) is 0 Å². The molecule has 0 aromatic carbocycles. The highest BCUT2D eigenvalue weighted by Crippen LogP contribution is 2.37. The van der Waals surface area contributed by atoms with E-state index < -0.39 is 24.7 Å². The Bertz CT molecular complexity index is 210. The van der Waals surface area contributed by atoms with E-state index in [1.807, 2.05) is 0 Å². The first-order valence-electron chi connectivity index (χ1n) is 4.25. The van der Waals surface area contributed by atoms with Gasteiger partial charge in [0.1, 0.15) is 0 Å². The molecule has 0 saturated carbocycles. The molecule has 1 nitrogen and oxygen atoms in total. The number of hydrogen-bond acceptors (Lipinski definition) is 0. The van der Waals surface area contributed by atoms with Crippen molar-refractivity contribution in [3.8, 4) is 0 Å². The lowest BCUT2D eigenvalue weighted by atomic mass is 10.1. The van der Waals surface area contributed by atoms with Gasteiger partial charge in [0.15, 0.2) is 0 Å². The molecule has 0 heterocycles. The second-order valence-corrected chi connectivity index (χ2v) is 4.43. The Morgan fingerprint density at radius 2 is 1.38 bits per heavy atom. The molecule has 8 heteroatoms. The van der Waals surface area contributed by atoms with Gasteiger partial charge in [-0.15, -0.1) is 0 Å². The van der Waals surface area contributed by atoms with Crippen molar-refractivity contribution in [2.45, 2.75) is 24.7 Å². The van der Waals surface area contributed by atoms with Gasteiger partial charge < -0.3 is 28.5 Å². The van der Waals surface area contributed by atoms with E-state index in [4.69, 9.17) is 0 Å². The zero-order valence-corrected chi connectivity index (χ0v) is 11.2. The molecule has 0 aromatic heterocycles. The third-order valence-electron chi connectivity index (χ3n) is 1.77. The Balaban J connectivity index is 0. The lowest BCUT2D eigenvalue weighted by molar-refractivity contribution is -0.871. The molecule has 0 aliphatic rings. The number of nitrogens with zero attached hydrogens (tertiary/aromatic N) is 1. The van der Waals surface area contributed by atoms with Gasteiger partial charge in [0.05, 0.1) is 34.1 Å². The second kappa shape index (κ2) is 5.74. The highest BCUT2D eigenvalue weighted by Gasteiger charge is 2.56. The van der Waals surface area contributed by atoms with E-state index in [-0.39, 0.29) is 35.0 Å². The molecule has 0 saturated heterocycles. The maximum absolute atomic E-state index is 12.7. The summed E-state index contributed by atoms with van der Waals surface area (Å²) in [6.07, 6.45) is -10.7. The van der Waals surface area contributed by atoms with E-state index in [0.717, 1.165) is 0 Å². The van der Waals surface area contributed by atoms with E-state index in [1.165, 1.54) is 21.1 Å². The van der Waals surface area contributed by atoms with Gasteiger partial charge in [-0.05, 0) is 0 Å². The van der Waals surface area contributed by atoms with Crippen molar-refractivity contribution in [1.82, 2.24) is 0 Å². The first-order valence-corrected chi connectivity index (χ1v) is 4.25. The van der Waals surface area contributed by atoms with Crippen molar-refractivity contribution in [3.63, 3.8) is 0 Å². The number of alkyl halides is 6. The van der Waals surface area contributed by atoms with E-state index in [2.05, 4.69) is 0 Å². The number of hydrogen-bond donors (Lipinski definition) is 0. The molecule has 100 valence electrons. The summed E-state index contributed by atoms with van der Waals surface area (Å²) in [6.45, 7) is -0.233. The van der Waals surface area contributed by atoms with Gasteiger partial charge in [0.2, 0.25) is 0 Å². The molecule has 0 aliphatic carbocycles. The third kappa shape index (κ3) is 6.77. The summed E-state index contributed by atoms with van der Waals surface area (Å²) in [7, 11) is 4.62. The van der Waals surface area contributed by atoms with Crippen LogP contribution in [0.3, 0.4) is 0 Å². The minimum absolute atomic E-state index is 0. The molecule has 0 fully saturated rings. The van der Waals surface area contributed by atoms with Crippen LogP contribution in [-0.2, 0) is 0 Å². The summed E-state index contributed by atoms with van der Waals surface area (Å²) >= 11 is 0. The van der Waals surface area contributed by atoms with Crippen LogP contribution in [0.1, 0.15) is 6.42 Å². The predicted octanol–water partition coefficient (Wildman–Crippen LogP) is -0.378. The van der Waals surface area contributed by atoms with E-state index in [1.54, 1.807) is 0 Å². The quantitative estimate of drug-likeness (QED) is 0.362. The average molecular weight is 365 g/mol. The second-order valence-electron chi connectivity index (χ2n) is 4.43. The van der Waals surface area contributed by atoms with Crippen LogP contribution in [-0.4, -0.2) is 50.4 Å². The standard InChI is InChI=1S/C8H14F6N.HI/c1-15(2,3)5-4-7(10,11)6(9)8(12,13)14;/h6H,4-5H2,1-3H3;1H/q+1;/p-1. The lowest BCUT2D eigenvalue weighted by Crippen LogP contribution is -3.00. The molecular formula is C8H14F6IN.